The predicted molar refractivity (Wildman–Crippen MR) is 155 cm³/mol. The minimum absolute atomic E-state index is 0.00684. The molecule has 1 N–H and O–H groups in total. The Kier molecular flexibility index (Phi) is 10.3. The molecule has 11 nitrogen and oxygen atoms in total. The number of nitrogens with one attached hydrogen (secondary N) is 1. The van der Waals surface area contributed by atoms with Gasteiger partial charge in [0, 0.05) is 82.6 Å². The van der Waals surface area contributed by atoms with E-state index in [9.17, 15) is 18.0 Å². The van der Waals surface area contributed by atoms with Crippen LogP contribution in [-0.2, 0) is 30.7 Å². The quantitative estimate of drug-likeness (QED) is 0.313. The first-order chi connectivity index (χ1) is 19.2. The third kappa shape index (κ3) is 7.87. The Morgan fingerprint density at radius 2 is 1.88 bits per heavy atom. The lowest BCUT2D eigenvalue weighted by atomic mass is 10.1. The van der Waals surface area contributed by atoms with Crippen molar-refractivity contribution < 1.29 is 22.7 Å². The minimum Gasteiger partial charge on any atom is -0.385 e. The Bertz CT molecular complexity index is 1300. The fourth-order valence-electron chi connectivity index (χ4n) is 4.97. The standard InChI is InChI=1S/C27H38N6O5S2/c1-20-18-31(13-14-33(20)21(2)34)19-23-17-28-27(39-23)29-26(35)25(30-32-11-4-5-12-32)22-7-9-24(10-8-22)40(36,37)16-6-15-38-3/h7-10,17,20H,4-6,11-16,18-19H2,1-3H3,(H,28,29,35)/t20-/m0/s1. The maximum absolute atomic E-state index is 13.4. The smallest absolute Gasteiger partial charge is 0.278 e. The van der Waals surface area contributed by atoms with Gasteiger partial charge in [-0.3, -0.25) is 24.8 Å². The molecule has 4 rings (SSSR count). The highest BCUT2D eigenvalue weighted by Gasteiger charge is 2.26. The van der Waals surface area contributed by atoms with Crippen molar-refractivity contribution in [3.63, 3.8) is 0 Å². The lowest BCUT2D eigenvalue weighted by Gasteiger charge is -2.39. The van der Waals surface area contributed by atoms with E-state index in [-0.39, 0.29) is 28.3 Å². The van der Waals surface area contributed by atoms with Gasteiger partial charge in [-0.2, -0.15) is 5.10 Å². The fraction of sp³-hybridized carbons (Fsp3) is 0.556. The predicted octanol–water partition coefficient (Wildman–Crippen LogP) is 2.44. The largest absolute Gasteiger partial charge is 0.385 e. The number of anilines is 1. The maximum atomic E-state index is 13.4. The molecule has 0 spiro atoms. The number of hydrogen-bond acceptors (Lipinski definition) is 10. The van der Waals surface area contributed by atoms with Crippen LogP contribution in [0.4, 0.5) is 5.13 Å². The number of nitrogens with zero attached hydrogens (tertiary/aromatic N) is 5. The molecule has 218 valence electrons. The van der Waals surface area contributed by atoms with Gasteiger partial charge < -0.3 is 9.64 Å². The van der Waals surface area contributed by atoms with E-state index in [0.717, 1.165) is 43.9 Å². The third-order valence-electron chi connectivity index (χ3n) is 7.06. The number of piperazine rings is 1. The Labute approximate surface area is 240 Å². The molecule has 3 heterocycles. The summed E-state index contributed by atoms with van der Waals surface area (Å²) in [6.07, 6.45) is 4.19. The third-order valence-corrected chi connectivity index (χ3v) is 9.77. The van der Waals surface area contributed by atoms with Gasteiger partial charge in [-0.25, -0.2) is 13.4 Å². The number of carbonyl (C=O) groups excluding carboxylic acids is 2. The number of methoxy groups -OCH3 is 1. The summed E-state index contributed by atoms with van der Waals surface area (Å²) in [5, 5.41) is 9.87. The SMILES string of the molecule is COCCCS(=O)(=O)c1ccc(C(=NN2CCCC2)C(=O)Nc2ncc(CN3CCN(C(C)=O)[C@@H](C)C3)s2)cc1. The number of amides is 2. The molecule has 1 atom stereocenters. The number of aromatic nitrogens is 1. The molecule has 0 radical (unpaired) electrons. The molecular weight excluding hydrogens is 552 g/mol. The summed E-state index contributed by atoms with van der Waals surface area (Å²) < 4.78 is 30.3. The van der Waals surface area contributed by atoms with E-state index in [4.69, 9.17) is 4.74 Å². The molecule has 2 aromatic rings. The van der Waals surface area contributed by atoms with E-state index in [2.05, 4.69) is 27.2 Å². The van der Waals surface area contributed by atoms with Gasteiger partial charge >= 0.3 is 0 Å². The second-order valence-electron chi connectivity index (χ2n) is 10.2. The van der Waals surface area contributed by atoms with Crippen molar-refractivity contribution >= 4 is 43.8 Å². The number of carbonyl (C=O) groups is 2. The first-order valence-electron chi connectivity index (χ1n) is 13.6. The van der Waals surface area contributed by atoms with E-state index < -0.39 is 15.7 Å². The van der Waals surface area contributed by atoms with Gasteiger partial charge in [-0.15, -0.1) is 11.3 Å². The molecule has 0 unspecified atom stereocenters. The van der Waals surface area contributed by atoms with Crippen LogP contribution in [0.5, 0.6) is 0 Å². The minimum atomic E-state index is -3.45. The summed E-state index contributed by atoms with van der Waals surface area (Å²) in [5.41, 5.74) is 0.755. The number of hydrogen-bond donors (Lipinski definition) is 1. The van der Waals surface area contributed by atoms with Crippen molar-refractivity contribution in [2.75, 3.05) is 57.5 Å². The fourth-order valence-corrected chi connectivity index (χ4v) is 7.10. The molecule has 2 saturated heterocycles. The maximum Gasteiger partial charge on any atom is 0.278 e. The number of benzene rings is 1. The highest BCUT2D eigenvalue weighted by Crippen LogP contribution is 2.23. The van der Waals surface area contributed by atoms with Crippen LogP contribution in [0.15, 0.2) is 40.5 Å². The Morgan fingerprint density at radius 1 is 1.15 bits per heavy atom. The molecular formula is C27H38N6O5S2. The molecule has 2 amide bonds. The molecule has 1 aromatic carbocycles. The average molecular weight is 591 g/mol. The highest BCUT2D eigenvalue weighted by atomic mass is 32.2. The van der Waals surface area contributed by atoms with E-state index >= 15 is 0 Å². The van der Waals surface area contributed by atoms with Crippen LogP contribution in [0.25, 0.3) is 0 Å². The van der Waals surface area contributed by atoms with Crippen LogP contribution in [0.3, 0.4) is 0 Å². The number of hydrazone groups is 1. The highest BCUT2D eigenvalue weighted by molar-refractivity contribution is 7.91. The van der Waals surface area contributed by atoms with E-state index in [1.54, 1.807) is 32.4 Å². The van der Waals surface area contributed by atoms with Crippen LogP contribution in [-0.4, -0.2) is 104 Å². The van der Waals surface area contributed by atoms with Crippen molar-refractivity contribution in [2.45, 2.75) is 50.6 Å². The first kappa shape index (κ1) is 30.1. The van der Waals surface area contributed by atoms with Gasteiger partial charge in [-0.1, -0.05) is 12.1 Å². The van der Waals surface area contributed by atoms with Crippen LogP contribution in [0.1, 0.15) is 43.6 Å². The summed E-state index contributed by atoms with van der Waals surface area (Å²) in [7, 11) is -1.91. The van der Waals surface area contributed by atoms with Gasteiger partial charge in [0.05, 0.1) is 10.6 Å². The van der Waals surface area contributed by atoms with Crippen LogP contribution in [0, 0.1) is 0 Å². The van der Waals surface area contributed by atoms with Crippen molar-refractivity contribution in [3.8, 4) is 0 Å². The molecule has 2 fully saturated rings. The second kappa shape index (κ2) is 13.7. The zero-order valence-corrected chi connectivity index (χ0v) is 25.0. The Balaban J connectivity index is 1.44. The molecule has 0 aliphatic carbocycles. The molecule has 0 saturated carbocycles. The van der Waals surface area contributed by atoms with Crippen LogP contribution >= 0.6 is 11.3 Å². The van der Waals surface area contributed by atoms with E-state index in [1.165, 1.54) is 23.5 Å². The van der Waals surface area contributed by atoms with Crippen molar-refractivity contribution in [3.05, 3.63) is 40.9 Å². The lowest BCUT2D eigenvalue weighted by molar-refractivity contribution is -0.133. The van der Waals surface area contributed by atoms with Gasteiger partial charge in [0.2, 0.25) is 5.91 Å². The molecule has 40 heavy (non-hydrogen) atoms. The van der Waals surface area contributed by atoms with Crippen molar-refractivity contribution in [1.82, 2.24) is 19.8 Å². The average Bonchev–Trinajstić information content (AvgIpc) is 3.59. The Morgan fingerprint density at radius 3 is 2.52 bits per heavy atom. The number of sulfone groups is 1. The van der Waals surface area contributed by atoms with E-state index in [0.29, 0.717) is 36.8 Å². The zero-order chi connectivity index (χ0) is 28.7. The first-order valence-corrected chi connectivity index (χ1v) is 16.0. The molecule has 2 aliphatic rings. The van der Waals surface area contributed by atoms with Gasteiger partial charge in [-0.05, 0) is 38.3 Å². The Hall–Kier alpha value is -2.87. The summed E-state index contributed by atoms with van der Waals surface area (Å²) in [4.78, 5) is 35.0. The molecule has 2 aliphatic heterocycles. The van der Waals surface area contributed by atoms with Crippen LogP contribution in [0.2, 0.25) is 0 Å². The lowest BCUT2D eigenvalue weighted by Crippen LogP contribution is -2.52. The van der Waals surface area contributed by atoms with Gasteiger partial charge in [0.15, 0.2) is 20.7 Å². The molecule has 1 aromatic heterocycles. The monoisotopic (exact) mass is 590 g/mol. The topological polar surface area (TPSA) is 125 Å². The summed E-state index contributed by atoms with van der Waals surface area (Å²) in [6, 6.07) is 6.46. The zero-order valence-electron chi connectivity index (χ0n) is 23.3. The molecule has 0 bridgehead atoms. The number of thiazole rings is 1. The number of ether oxygens (including phenoxy) is 1. The summed E-state index contributed by atoms with van der Waals surface area (Å²) in [5.74, 6) is -0.306. The van der Waals surface area contributed by atoms with E-state index in [1.807, 2.05) is 9.91 Å². The van der Waals surface area contributed by atoms with Gasteiger partial charge in [0.1, 0.15) is 0 Å². The van der Waals surface area contributed by atoms with Crippen molar-refractivity contribution in [1.29, 1.82) is 0 Å². The summed E-state index contributed by atoms with van der Waals surface area (Å²) >= 11 is 1.41. The second-order valence-corrected chi connectivity index (χ2v) is 13.4. The molecule has 13 heteroatoms. The normalized spacial score (nSPS) is 18.8. The summed E-state index contributed by atoms with van der Waals surface area (Å²) in [6.45, 7) is 8.51. The number of rotatable bonds is 11. The van der Waals surface area contributed by atoms with Gasteiger partial charge in [0.25, 0.3) is 5.91 Å². The van der Waals surface area contributed by atoms with Crippen molar-refractivity contribution in [2.24, 2.45) is 5.10 Å². The van der Waals surface area contributed by atoms with Crippen LogP contribution < -0.4 is 5.32 Å².